The molecule has 4 aromatic carbocycles. The van der Waals surface area contributed by atoms with Crippen molar-refractivity contribution in [2.24, 2.45) is 0 Å². The van der Waals surface area contributed by atoms with Crippen LogP contribution >= 0.6 is 0 Å². The molecule has 35 heavy (non-hydrogen) atoms. The van der Waals surface area contributed by atoms with Crippen molar-refractivity contribution in [3.05, 3.63) is 121 Å². The van der Waals surface area contributed by atoms with Gasteiger partial charge in [-0.25, -0.2) is 8.42 Å². The predicted octanol–water partition coefficient (Wildman–Crippen LogP) is 6.72. The molecule has 0 radical (unpaired) electrons. The number of rotatable bonds is 8. The molecule has 0 aliphatic heterocycles. The van der Waals surface area contributed by atoms with Gasteiger partial charge >= 0.3 is 0 Å². The first kappa shape index (κ1) is 24.0. The molecular formula is C30H26O4S. The van der Waals surface area contributed by atoms with Crippen molar-refractivity contribution in [1.29, 1.82) is 0 Å². The Morgan fingerprint density at radius 3 is 1.34 bits per heavy atom. The van der Waals surface area contributed by atoms with E-state index in [1.165, 1.54) is 24.3 Å². The predicted molar refractivity (Wildman–Crippen MR) is 140 cm³/mol. The second-order valence-corrected chi connectivity index (χ2v) is 10.1. The number of aromatic hydroxyl groups is 2. The molecule has 176 valence electrons. The third-order valence-electron chi connectivity index (χ3n) is 5.84. The summed E-state index contributed by atoms with van der Waals surface area (Å²) in [6.45, 7) is 7.48. The van der Waals surface area contributed by atoms with E-state index in [1.807, 2.05) is 60.7 Å². The van der Waals surface area contributed by atoms with Gasteiger partial charge in [0.25, 0.3) is 0 Å². The smallest absolute Gasteiger partial charge is 0.206 e. The van der Waals surface area contributed by atoms with Crippen molar-refractivity contribution in [1.82, 2.24) is 0 Å². The quantitative estimate of drug-likeness (QED) is 0.273. The van der Waals surface area contributed by atoms with Crippen LogP contribution in [0.4, 0.5) is 0 Å². The number of sulfone groups is 1. The summed E-state index contributed by atoms with van der Waals surface area (Å²) >= 11 is 0. The van der Waals surface area contributed by atoms with E-state index in [1.54, 1.807) is 12.2 Å². The summed E-state index contributed by atoms with van der Waals surface area (Å²) in [6.07, 6.45) is 3.86. The lowest BCUT2D eigenvalue weighted by Crippen LogP contribution is -2.05. The molecule has 0 spiro atoms. The fourth-order valence-electron chi connectivity index (χ4n) is 4.07. The minimum absolute atomic E-state index is 0.0260. The summed E-state index contributed by atoms with van der Waals surface area (Å²) in [6, 6.07) is 24.3. The van der Waals surface area contributed by atoms with Gasteiger partial charge in [-0.1, -0.05) is 72.8 Å². The first-order valence-corrected chi connectivity index (χ1v) is 12.6. The molecule has 0 bridgehead atoms. The van der Waals surface area contributed by atoms with Crippen LogP contribution in [0.15, 0.2) is 120 Å². The summed E-state index contributed by atoms with van der Waals surface area (Å²) in [4.78, 5) is 0.112. The van der Waals surface area contributed by atoms with Crippen LogP contribution in [0.2, 0.25) is 0 Å². The van der Waals surface area contributed by atoms with Gasteiger partial charge in [0.1, 0.15) is 11.5 Å². The number of hydrogen-bond donors (Lipinski definition) is 2. The molecule has 0 saturated carbocycles. The van der Waals surface area contributed by atoms with E-state index in [4.69, 9.17) is 0 Å². The molecule has 2 N–H and O–H groups in total. The molecule has 4 rings (SSSR count). The fraction of sp³-hybridized carbons (Fsp3) is 0.0667. The zero-order chi connectivity index (χ0) is 25.0. The Kier molecular flexibility index (Phi) is 6.90. The Morgan fingerprint density at radius 2 is 1.00 bits per heavy atom. The molecule has 0 unspecified atom stereocenters. The van der Waals surface area contributed by atoms with E-state index in [0.29, 0.717) is 46.2 Å². The third kappa shape index (κ3) is 4.77. The second kappa shape index (κ2) is 10.0. The zero-order valence-corrected chi connectivity index (χ0v) is 20.0. The van der Waals surface area contributed by atoms with Crippen LogP contribution in [0.1, 0.15) is 11.1 Å². The van der Waals surface area contributed by atoms with Crippen molar-refractivity contribution in [2.45, 2.75) is 22.6 Å². The van der Waals surface area contributed by atoms with E-state index in [9.17, 15) is 18.6 Å². The van der Waals surface area contributed by atoms with E-state index < -0.39 is 9.84 Å². The number of phenols is 2. The zero-order valence-electron chi connectivity index (χ0n) is 19.2. The molecule has 0 amide bonds. The van der Waals surface area contributed by atoms with Crippen molar-refractivity contribution >= 4 is 9.84 Å². The molecule has 0 aliphatic rings. The van der Waals surface area contributed by atoms with Gasteiger partial charge < -0.3 is 10.2 Å². The van der Waals surface area contributed by atoms with Gasteiger partial charge in [0, 0.05) is 11.1 Å². The summed E-state index contributed by atoms with van der Waals surface area (Å²) in [5, 5.41) is 21.8. The number of allylic oxidation sites excluding steroid dienone is 2. The highest BCUT2D eigenvalue weighted by Crippen LogP contribution is 2.40. The topological polar surface area (TPSA) is 74.6 Å². The Labute approximate surface area is 206 Å². The fourth-order valence-corrected chi connectivity index (χ4v) is 5.49. The monoisotopic (exact) mass is 482 g/mol. The molecule has 5 heteroatoms. The first-order chi connectivity index (χ1) is 16.9. The second-order valence-electron chi connectivity index (χ2n) is 8.18. The minimum atomic E-state index is -4.01. The maximum Gasteiger partial charge on any atom is 0.206 e. The van der Waals surface area contributed by atoms with Gasteiger partial charge in [-0.05, 0) is 59.4 Å². The van der Waals surface area contributed by atoms with E-state index in [2.05, 4.69) is 13.2 Å². The molecule has 0 fully saturated rings. The Morgan fingerprint density at radius 1 is 0.629 bits per heavy atom. The van der Waals surface area contributed by atoms with Crippen LogP contribution in [0.25, 0.3) is 22.3 Å². The average Bonchev–Trinajstić information content (AvgIpc) is 2.87. The van der Waals surface area contributed by atoms with Crippen LogP contribution in [0, 0.1) is 0 Å². The number of hydrogen-bond acceptors (Lipinski definition) is 4. The molecular weight excluding hydrogens is 456 g/mol. The van der Waals surface area contributed by atoms with Gasteiger partial charge in [-0.15, -0.1) is 13.2 Å². The molecule has 4 nitrogen and oxygen atoms in total. The molecule has 0 aromatic heterocycles. The summed E-state index contributed by atoms with van der Waals surface area (Å²) in [5.41, 5.74) is 3.20. The highest BCUT2D eigenvalue weighted by Gasteiger charge is 2.24. The normalized spacial score (nSPS) is 11.2. The maximum absolute atomic E-state index is 13.9. The lowest BCUT2D eigenvalue weighted by Gasteiger charge is -2.16. The van der Waals surface area contributed by atoms with Crippen LogP contribution in [0.5, 0.6) is 11.5 Å². The van der Waals surface area contributed by atoms with Crippen LogP contribution < -0.4 is 0 Å². The summed E-state index contributed by atoms with van der Waals surface area (Å²) < 4.78 is 27.8. The summed E-state index contributed by atoms with van der Waals surface area (Å²) in [5.74, 6) is 0.0520. The Balaban J connectivity index is 1.96. The van der Waals surface area contributed by atoms with Crippen molar-refractivity contribution in [2.75, 3.05) is 0 Å². The van der Waals surface area contributed by atoms with E-state index in [0.717, 1.165) is 0 Å². The van der Waals surface area contributed by atoms with Crippen molar-refractivity contribution in [3.8, 4) is 33.8 Å². The lowest BCUT2D eigenvalue weighted by molar-refractivity contribution is 0.471. The van der Waals surface area contributed by atoms with Gasteiger partial charge in [0.2, 0.25) is 9.84 Å². The van der Waals surface area contributed by atoms with E-state index >= 15 is 0 Å². The summed E-state index contributed by atoms with van der Waals surface area (Å²) in [7, 11) is -4.01. The molecule has 0 saturated heterocycles. The van der Waals surface area contributed by atoms with Crippen LogP contribution in [-0.4, -0.2) is 18.6 Å². The molecule has 4 aromatic rings. The van der Waals surface area contributed by atoms with Crippen molar-refractivity contribution < 1.29 is 18.6 Å². The highest BCUT2D eigenvalue weighted by atomic mass is 32.2. The molecule has 0 aliphatic carbocycles. The minimum Gasteiger partial charge on any atom is -0.507 e. The Bertz CT molecular complexity index is 1380. The van der Waals surface area contributed by atoms with Crippen LogP contribution in [-0.2, 0) is 22.7 Å². The van der Waals surface area contributed by atoms with Gasteiger partial charge in [-0.3, -0.25) is 0 Å². The standard InChI is InChI=1S/C30H26O4S/c1-3-11-23-17-25(19-27(29(23)31)21-13-7-5-8-14-21)35(33,34)26-18-24(12-4-2)30(32)28(20-26)22-15-9-6-10-16-22/h3-10,13-20,31-32H,1-2,11-12H2. The first-order valence-electron chi connectivity index (χ1n) is 11.2. The molecule has 0 atom stereocenters. The largest absolute Gasteiger partial charge is 0.507 e. The van der Waals surface area contributed by atoms with E-state index in [-0.39, 0.29) is 21.3 Å². The molecule has 0 heterocycles. The highest BCUT2D eigenvalue weighted by molar-refractivity contribution is 7.91. The van der Waals surface area contributed by atoms with Crippen molar-refractivity contribution in [3.63, 3.8) is 0 Å². The van der Waals surface area contributed by atoms with Gasteiger partial charge in [0.15, 0.2) is 0 Å². The Hall–Kier alpha value is -4.09. The van der Waals surface area contributed by atoms with Crippen LogP contribution in [0.3, 0.4) is 0 Å². The van der Waals surface area contributed by atoms with Gasteiger partial charge in [0.05, 0.1) is 9.79 Å². The number of benzene rings is 4. The maximum atomic E-state index is 13.9. The lowest BCUT2D eigenvalue weighted by atomic mass is 10.00. The van der Waals surface area contributed by atoms with Gasteiger partial charge in [-0.2, -0.15) is 0 Å². The average molecular weight is 483 g/mol. The SMILES string of the molecule is C=CCc1cc(S(=O)(=O)c2cc(CC=C)c(O)c(-c3ccccc3)c2)cc(-c2ccccc2)c1O. The number of phenolic OH excluding ortho intramolecular Hbond substituents is 2. The third-order valence-corrected chi connectivity index (χ3v) is 7.56.